The van der Waals surface area contributed by atoms with Crippen molar-refractivity contribution >= 4 is 0 Å². The van der Waals surface area contributed by atoms with E-state index < -0.39 is 0 Å². The number of rotatable bonds is 2. The van der Waals surface area contributed by atoms with Gasteiger partial charge >= 0.3 is 0 Å². The zero-order chi connectivity index (χ0) is 10.9. The molecule has 2 heteroatoms. The highest BCUT2D eigenvalue weighted by molar-refractivity contribution is 5.26. The van der Waals surface area contributed by atoms with E-state index >= 15 is 0 Å². The van der Waals surface area contributed by atoms with E-state index in [4.69, 9.17) is 5.73 Å². The van der Waals surface area contributed by atoms with Gasteiger partial charge in [0, 0.05) is 6.04 Å². The molecular weight excluding hydrogens is 186 g/mol. The lowest BCUT2D eigenvalue weighted by Crippen LogP contribution is -2.21. The normalized spacial score (nSPS) is 30.7. The molecule has 0 aliphatic heterocycles. The van der Waals surface area contributed by atoms with Gasteiger partial charge in [0.15, 0.2) is 0 Å². The summed E-state index contributed by atoms with van der Waals surface area (Å²) in [7, 11) is 0. The highest BCUT2D eigenvalue weighted by Crippen LogP contribution is 2.39. The summed E-state index contributed by atoms with van der Waals surface area (Å²) in [5, 5.41) is 9.20. The molecule has 1 saturated carbocycles. The predicted molar refractivity (Wildman–Crippen MR) is 61.7 cm³/mol. The summed E-state index contributed by atoms with van der Waals surface area (Å²) in [6.07, 6.45) is 4.55. The van der Waals surface area contributed by atoms with Crippen LogP contribution in [0.4, 0.5) is 0 Å². The van der Waals surface area contributed by atoms with E-state index in [9.17, 15) is 5.11 Å². The third kappa shape index (κ3) is 2.51. The van der Waals surface area contributed by atoms with Crippen LogP contribution >= 0.6 is 0 Å². The first kappa shape index (κ1) is 10.5. The fourth-order valence-electron chi connectivity index (χ4n) is 2.64. The maximum Gasteiger partial charge on any atom is 0.115 e. The molecule has 15 heavy (non-hydrogen) atoms. The van der Waals surface area contributed by atoms with Crippen molar-refractivity contribution in [1.82, 2.24) is 0 Å². The lowest BCUT2D eigenvalue weighted by molar-refractivity contribution is 0.329. The summed E-state index contributed by atoms with van der Waals surface area (Å²) in [6.45, 7) is 2.31. The van der Waals surface area contributed by atoms with Gasteiger partial charge in [-0.25, -0.2) is 0 Å². The van der Waals surface area contributed by atoms with Crippen molar-refractivity contribution < 1.29 is 5.11 Å². The van der Waals surface area contributed by atoms with Crippen LogP contribution in [0.2, 0.25) is 0 Å². The van der Waals surface area contributed by atoms with Gasteiger partial charge in [-0.1, -0.05) is 19.1 Å². The zero-order valence-corrected chi connectivity index (χ0v) is 9.24. The Bertz CT molecular complexity index is 333. The number of phenols is 1. The fraction of sp³-hybridized carbons (Fsp3) is 0.538. The van der Waals surface area contributed by atoms with Gasteiger partial charge in [0.05, 0.1) is 0 Å². The molecule has 2 rings (SSSR count). The minimum absolute atomic E-state index is 0.340. The quantitative estimate of drug-likeness (QED) is 0.779. The van der Waals surface area contributed by atoms with Crippen molar-refractivity contribution in [2.75, 3.05) is 0 Å². The molecular formula is C13H19NO. The molecule has 1 aliphatic rings. The third-order valence-corrected chi connectivity index (χ3v) is 3.44. The number of nitrogens with two attached hydrogens (primary N) is 1. The van der Waals surface area contributed by atoms with Crippen LogP contribution in [-0.4, -0.2) is 11.1 Å². The lowest BCUT2D eigenvalue weighted by Gasteiger charge is -2.23. The van der Waals surface area contributed by atoms with Gasteiger partial charge in [0.2, 0.25) is 0 Å². The van der Waals surface area contributed by atoms with Crippen LogP contribution in [0.5, 0.6) is 5.75 Å². The van der Waals surface area contributed by atoms with Crippen LogP contribution in [0.3, 0.4) is 0 Å². The minimum atomic E-state index is 0.340. The van der Waals surface area contributed by atoms with Gasteiger partial charge < -0.3 is 10.8 Å². The maximum atomic E-state index is 9.20. The summed E-state index contributed by atoms with van der Waals surface area (Å²) in [5.41, 5.74) is 7.60. The second-order valence-corrected chi connectivity index (χ2v) is 5.16. The number of phenolic OH excluding ortho intramolecular Hbond substituents is 1. The zero-order valence-electron chi connectivity index (χ0n) is 9.24. The molecule has 2 unspecified atom stereocenters. The van der Waals surface area contributed by atoms with Crippen molar-refractivity contribution in [1.29, 1.82) is 0 Å². The van der Waals surface area contributed by atoms with Crippen LogP contribution in [0.25, 0.3) is 0 Å². The summed E-state index contributed by atoms with van der Waals surface area (Å²) in [6, 6.07) is 7.91. The second-order valence-electron chi connectivity index (χ2n) is 5.16. The molecule has 1 aromatic carbocycles. The van der Waals surface area contributed by atoms with E-state index in [1.807, 2.05) is 12.1 Å². The van der Waals surface area contributed by atoms with E-state index in [1.165, 1.54) is 12.0 Å². The molecule has 1 fully saturated rings. The van der Waals surface area contributed by atoms with Crippen LogP contribution in [0.15, 0.2) is 24.3 Å². The molecule has 3 N–H and O–H groups in total. The SMILES string of the molecule is CC1(Cc2ccc(O)cc2)CCC(N)C1. The molecule has 2 nitrogen and oxygen atoms in total. The molecule has 2 atom stereocenters. The van der Waals surface area contributed by atoms with Crippen molar-refractivity contribution in [3.8, 4) is 5.75 Å². The number of hydrogen-bond donors (Lipinski definition) is 2. The first-order valence-electron chi connectivity index (χ1n) is 5.61. The Hall–Kier alpha value is -1.02. The van der Waals surface area contributed by atoms with Crippen LogP contribution in [0.1, 0.15) is 31.7 Å². The molecule has 0 radical (unpaired) electrons. The lowest BCUT2D eigenvalue weighted by atomic mass is 9.82. The van der Waals surface area contributed by atoms with Crippen LogP contribution in [-0.2, 0) is 6.42 Å². The van der Waals surface area contributed by atoms with Gasteiger partial charge in [-0.05, 0) is 48.8 Å². The molecule has 0 saturated heterocycles. The Morgan fingerprint density at radius 3 is 2.60 bits per heavy atom. The van der Waals surface area contributed by atoms with E-state index in [-0.39, 0.29) is 0 Å². The average Bonchev–Trinajstić information content (AvgIpc) is 2.50. The number of aromatic hydroxyl groups is 1. The van der Waals surface area contributed by atoms with Gasteiger partial charge in [-0.3, -0.25) is 0 Å². The molecule has 0 amide bonds. The predicted octanol–water partition coefficient (Wildman–Crippen LogP) is 2.45. The Kier molecular flexibility index (Phi) is 2.70. The molecule has 82 valence electrons. The van der Waals surface area contributed by atoms with E-state index in [0.717, 1.165) is 19.3 Å². The smallest absolute Gasteiger partial charge is 0.115 e. The Balaban J connectivity index is 2.05. The summed E-state index contributed by atoms with van der Waals surface area (Å²) < 4.78 is 0. The van der Waals surface area contributed by atoms with Gasteiger partial charge in [0.25, 0.3) is 0 Å². The van der Waals surface area contributed by atoms with Crippen molar-refractivity contribution in [2.45, 2.75) is 38.6 Å². The highest BCUT2D eigenvalue weighted by Gasteiger charge is 2.33. The molecule has 0 heterocycles. The molecule has 0 bridgehead atoms. The van der Waals surface area contributed by atoms with Crippen molar-refractivity contribution in [3.05, 3.63) is 29.8 Å². The first-order valence-corrected chi connectivity index (χ1v) is 5.61. The Labute approximate surface area is 91.1 Å². The topological polar surface area (TPSA) is 46.2 Å². The largest absolute Gasteiger partial charge is 0.508 e. The Morgan fingerprint density at radius 2 is 2.07 bits per heavy atom. The summed E-state index contributed by atoms with van der Waals surface area (Å²) >= 11 is 0. The van der Waals surface area contributed by atoms with Crippen molar-refractivity contribution in [3.63, 3.8) is 0 Å². The summed E-state index contributed by atoms with van der Waals surface area (Å²) in [5.74, 6) is 0.340. The average molecular weight is 205 g/mol. The number of benzene rings is 1. The van der Waals surface area contributed by atoms with E-state index in [2.05, 4.69) is 6.92 Å². The van der Waals surface area contributed by atoms with Crippen molar-refractivity contribution in [2.24, 2.45) is 11.1 Å². The molecule has 1 aromatic rings. The second kappa shape index (κ2) is 3.86. The van der Waals surface area contributed by atoms with Gasteiger partial charge in [-0.2, -0.15) is 0 Å². The van der Waals surface area contributed by atoms with E-state index in [0.29, 0.717) is 17.2 Å². The minimum Gasteiger partial charge on any atom is -0.508 e. The first-order chi connectivity index (χ1) is 7.07. The summed E-state index contributed by atoms with van der Waals surface area (Å²) in [4.78, 5) is 0. The fourth-order valence-corrected chi connectivity index (χ4v) is 2.64. The number of hydrogen-bond acceptors (Lipinski definition) is 2. The van der Waals surface area contributed by atoms with Gasteiger partial charge in [-0.15, -0.1) is 0 Å². The monoisotopic (exact) mass is 205 g/mol. The highest BCUT2D eigenvalue weighted by atomic mass is 16.3. The molecule has 0 spiro atoms. The molecule has 1 aliphatic carbocycles. The third-order valence-electron chi connectivity index (χ3n) is 3.44. The standard InChI is InChI=1S/C13H19NO/c1-13(7-6-11(14)9-13)8-10-2-4-12(15)5-3-10/h2-5,11,15H,6-9,14H2,1H3. The van der Waals surface area contributed by atoms with Gasteiger partial charge in [0.1, 0.15) is 5.75 Å². The van der Waals surface area contributed by atoms with Crippen LogP contribution < -0.4 is 5.73 Å². The maximum absolute atomic E-state index is 9.20. The Morgan fingerprint density at radius 1 is 1.40 bits per heavy atom. The van der Waals surface area contributed by atoms with E-state index in [1.54, 1.807) is 12.1 Å². The van der Waals surface area contributed by atoms with Crippen LogP contribution in [0, 0.1) is 5.41 Å². The molecule has 0 aromatic heterocycles.